The van der Waals surface area contributed by atoms with Crippen LogP contribution in [-0.2, 0) is 6.18 Å². The normalized spacial score (nSPS) is 22.0. The summed E-state index contributed by atoms with van der Waals surface area (Å²) in [6, 6.07) is 7.19. The van der Waals surface area contributed by atoms with Crippen LogP contribution in [0.25, 0.3) is 11.5 Å². The first-order chi connectivity index (χ1) is 16.3. The number of rotatable bonds is 4. The molecule has 1 amide bonds. The molecule has 1 aliphatic carbocycles. The standard InChI is InChI=1S/C24H22F3N5O2/c1-14-3-6-17(21(31-14)22-28-9-2-10-29-22)23(33)32-13-15-4-7-18(32)19(11-15)34-20-8-5-16(12-30-20)24(25,26)27/h2-3,5-6,8-10,12,15,18-19H,4,7,11,13H2,1H3/t15-,18-,19+/m0/s1. The van der Waals surface area contributed by atoms with Crippen LogP contribution in [0.1, 0.15) is 40.9 Å². The molecule has 7 nitrogen and oxygen atoms in total. The monoisotopic (exact) mass is 469 g/mol. The Bertz CT molecular complexity index is 1190. The number of fused-ring (bicyclic) bond motifs is 3. The molecule has 6 rings (SSSR count). The van der Waals surface area contributed by atoms with Gasteiger partial charge in [0.1, 0.15) is 11.8 Å². The molecule has 0 spiro atoms. The summed E-state index contributed by atoms with van der Waals surface area (Å²) in [5.74, 6) is 0.549. The summed E-state index contributed by atoms with van der Waals surface area (Å²) < 4.78 is 44.5. The van der Waals surface area contributed by atoms with Crippen molar-refractivity contribution in [1.82, 2.24) is 24.8 Å². The summed E-state index contributed by atoms with van der Waals surface area (Å²) in [5, 5.41) is 0. The summed E-state index contributed by atoms with van der Waals surface area (Å²) in [6.45, 7) is 2.43. The van der Waals surface area contributed by atoms with Gasteiger partial charge in [0.2, 0.25) is 5.88 Å². The zero-order valence-electron chi connectivity index (χ0n) is 18.4. The van der Waals surface area contributed by atoms with Gasteiger partial charge in [-0.1, -0.05) is 0 Å². The van der Waals surface area contributed by atoms with Crippen molar-refractivity contribution in [2.75, 3.05) is 6.54 Å². The molecule has 0 radical (unpaired) electrons. The topological polar surface area (TPSA) is 81.1 Å². The number of nitrogens with zero attached hydrogens (tertiary/aromatic N) is 5. The lowest BCUT2D eigenvalue weighted by Gasteiger charge is -2.49. The average molecular weight is 469 g/mol. The van der Waals surface area contributed by atoms with E-state index in [-0.39, 0.29) is 29.9 Å². The molecule has 176 valence electrons. The number of pyridine rings is 2. The molecule has 3 aliphatic rings. The second-order valence-electron chi connectivity index (χ2n) is 8.66. The van der Waals surface area contributed by atoms with E-state index >= 15 is 0 Å². The van der Waals surface area contributed by atoms with Crippen LogP contribution < -0.4 is 4.74 Å². The first-order valence-electron chi connectivity index (χ1n) is 11.1. The lowest BCUT2D eigenvalue weighted by molar-refractivity contribution is -0.137. The highest BCUT2D eigenvalue weighted by atomic mass is 19.4. The molecule has 3 atom stereocenters. The van der Waals surface area contributed by atoms with Crippen LogP contribution in [0.5, 0.6) is 5.88 Å². The summed E-state index contributed by atoms with van der Waals surface area (Å²) in [5.41, 5.74) is 0.753. The highest BCUT2D eigenvalue weighted by Crippen LogP contribution is 2.39. The number of halogens is 3. The van der Waals surface area contributed by atoms with Gasteiger partial charge in [0.25, 0.3) is 5.91 Å². The van der Waals surface area contributed by atoms with E-state index in [1.807, 2.05) is 6.92 Å². The summed E-state index contributed by atoms with van der Waals surface area (Å²) in [7, 11) is 0. The van der Waals surface area contributed by atoms with Crippen LogP contribution in [0.3, 0.4) is 0 Å². The Labute approximate surface area is 194 Å². The third-order valence-electron chi connectivity index (χ3n) is 6.36. The lowest BCUT2D eigenvalue weighted by atomic mass is 9.77. The van der Waals surface area contributed by atoms with E-state index in [2.05, 4.69) is 19.9 Å². The fraction of sp³-hybridized carbons (Fsp3) is 0.375. The number of aromatic nitrogens is 4. The molecule has 0 aromatic carbocycles. The molecule has 0 unspecified atom stereocenters. The van der Waals surface area contributed by atoms with E-state index < -0.39 is 11.7 Å². The minimum absolute atomic E-state index is 0.119. The van der Waals surface area contributed by atoms with Crippen molar-refractivity contribution < 1.29 is 22.7 Å². The van der Waals surface area contributed by atoms with E-state index in [0.717, 1.165) is 37.2 Å². The van der Waals surface area contributed by atoms with Crippen molar-refractivity contribution in [3.63, 3.8) is 0 Å². The first-order valence-corrected chi connectivity index (χ1v) is 11.1. The molecule has 3 aromatic rings. The van der Waals surface area contributed by atoms with Crippen LogP contribution in [0.4, 0.5) is 13.2 Å². The predicted molar refractivity (Wildman–Crippen MR) is 116 cm³/mol. The predicted octanol–water partition coefficient (Wildman–Crippen LogP) is 4.33. The quantitative estimate of drug-likeness (QED) is 0.566. The maximum Gasteiger partial charge on any atom is 0.417 e. The van der Waals surface area contributed by atoms with E-state index in [9.17, 15) is 18.0 Å². The van der Waals surface area contributed by atoms with Gasteiger partial charge >= 0.3 is 6.18 Å². The van der Waals surface area contributed by atoms with Crippen molar-refractivity contribution in [3.05, 3.63) is 65.7 Å². The van der Waals surface area contributed by atoms with Gasteiger partial charge in [-0.05, 0) is 56.4 Å². The van der Waals surface area contributed by atoms with Crippen molar-refractivity contribution in [2.24, 2.45) is 5.92 Å². The summed E-state index contributed by atoms with van der Waals surface area (Å²) in [4.78, 5) is 32.4. The van der Waals surface area contributed by atoms with Crippen molar-refractivity contribution in [2.45, 2.75) is 44.5 Å². The molecule has 1 saturated carbocycles. The Kier molecular flexibility index (Phi) is 5.66. The minimum Gasteiger partial charge on any atom is -0.472 e. The Morgan fingerprint density at radius 1 is 1.09 bits per heavy atom. The van der Waals surface area contributed by atoms with Gasteiger partial charge in [-0.15, -0.1) is 0 Å². The Hall–Kier alpha value is -3.56. The summed E-state index contributed by atoms with van der Waals surface area (Å²) in [6.07, 6.45) is 1.60. The Balaban J connectivity index is 1.40. The first kappa shape index (κ1) is 22.2. The molecule has 2 aliphatic heterocycles. The number of piperidine rings is 2. The number of ether oxygens (including phenoxy) is 1. The smallest absolute Gasteiger partial charge is 0.417 e. The third-order valence-corrected chi connectivity index (χ3v) is 6.36. The fourth-order valence-electron chi connectivity index (χ4n) is 4.74. The Morgan fingerprint density at radius 2 is 1.88 bits per heavy atom. The summed E-state index contributed by atoms with van der Waals surface area (Å²) >= 11 is 0. The van der Waals surface area contributed by atoms with Gasteiger partial charge < -0.3 is 9.64 Å². The van der Waals surface area contributed by atoms with Crippen LogP contribution in [-0.4, -0.2) is 49.4 Å². The van der Waals surface area contributed by atoms with Gasteiger partial charge in [0, 0.05) is 36.9 Å². The van der Waals surface area contributed by atoms with Gasteiger partial charge in [-0.2, -0.15) is 13.2 Å². The third kappa shape index (κ3) is 4.32. The second-order valence-corrected chi connectivity index (χ2v) is 8.66. The highest BCUT2D eigenvalue weighted by molar-refractivity contribution is 5.99. The van der Waals surface area contributed by atoms with Crippen LogP contribution >= 0.6 is 0 Å². The zero-order chi connectivity index (χ0) is 23.9. The largest absolute Gasteiger partial charge is 0.472 e. The average Bonchev–Trinajstić information content (AvgIpc) is 2.84. The molecule has 5 heterocycles. The van der Waals surface area contributed by atoms with Gasteiger partial charge in [0.15, 0.2) is 5.82 Å². The number of hydrogen-bond acceptors (Lipinski definition) is 6. The lowest BCUT2D eigenvalue weighted by Crippen LogP contribution is -2.59. The van der Waals surface area contributed by atoms with Crippen molar-refractivity contribution in [1.29, 1.82) is 0 Å². The molecule has 0 N–H and O–H groups in total. The molecule has 34 heavy (non-hydrogen) atoms. The molecular weight excluding hydrogens is 447 g/mol. The van der Waals surface area contributed by atoms with E-state index in [0.29, 0.717) is 23.6 Å². The maximum atomic E-state index is 13.7. The van der Waals surface area contributed by atoms with E-state index in [4.69, 9.17) is 4.74 Å². The number of hydrogen-bond donors (Lipinski definition) is 0. The van der Waals surface area contributed by atoms with Gasteiger partial charge in [-0.3, -0.25) is 4.79 Å². The van der Waals surface area contributed by atoms with Crippen LogP contribution in [0.15, 0.2) is 48.9 Å². The van der Waals surface area contributed by atoms with Crippen molar-refractivity contribution in [3.8, 4) is 17.4 Å². The SMILES string of the molecule is Cc1ccc(C(=O)N2C[C@H]3CC[C@H]2[C@H](Oc2ccc(C(F)(F)F)cn2)C3)c(-c2ncccn2)n1. The highest BCUT2D eigenvalue weighted by Gasteiger charge is 2.45. The second kappa shape index (κ2) is 8.66. The van der Waals surface area contributed by atoms with Gasteiger partial charge in [-0.25, -0.2) is 19.9 Å². The Morgan fingerprint density at radius 3 is 2.56 bits per heavy atom. The molecule has 3 aromatic heterocycles. The van der Waals surface area contributed by atoms with Crippen LogP contribution in [0, 0.1) is 12.8 Å². The minimum atomic E-state index is -4.46. The maximum absolute atomic E-state index is 13.7. The number of carbonyl (C=O) groups is 1. The number of amides is 1. The zero-order valence-corrected chi connectivity index (χ0v) is 18.4. The van der Waals surface area contributed by atoms with Gasteiger partial charge in [0.05, 0.1) is 17.2 Å². The van der Waals surface area contributed by atoms with E-state index in [1.165, 1.54) is 6.07 Å². The number of alkyl halides is 3. The molecule has 2 saturated heterocycles. The van der Waals surface area contributed by atoms with E-state index in [1.54, 1.807) is 35.5 Å². The molecule has 3 fully saturated rings. The van der Waals surface area contributed by atoms with Crippen molar-refractivity contribution >= 4 is 5.91 Å². The fourth-order valence-corrected chi connectivity index (χ4v) is 4.74. The number of carbonyl (C=O) groups excluding carboxylic acids is 1. The van der Waals surface area contributed by atoms with Crippen LogP contribution in [0.2, 0.25) is 0 Å². The molecular formula is C24H22F3N5O2. The molecule has 2 bridgehead atoms. The molecule has 10 heteroatoms. The number of aryl methyl sites for hydroxylation is 1.